The van der Waals surface area contributed by atoms with Crippen molar-refractivity contribution in [2.45, 2.75) is 31.7 Å². The number of anilines is 2. The molecule has 1 unspecified atom stereocenters. The number of nitrogens with zero attached hydrogens (tertiary/aromatic N) is 3. The summed E-state index contributed by atoms with van der Waals surface area (Å²) in [6.07, 6.45) is 1.94. The number of hydrogen-bond acceptors (Lipinski definition) is 4. The molecule has 0 saturated carbocycles. The Morgan fingerprint density at radius 2 is 1.72 bits per heavy atom. The Morgan fingerprint density at radius 3 is 2.44 bits per heavy atom. The summed E-state index contributed by atoms with van der Waals surface area (Å²) in [5, 5.41) is 0. The zero-order valence-electron chi connectivity index (χ0n) is 21.2. The van der Waals surface area contributed by atoms with Crippen LogP contribution in [0.15, 0.2) is 76.5 Å². The van der Waals surface area contributed by atoms with Gasteiger partial charge in [-0.3, -0.25) is 9.59 Å². The fourth-order valence-corrected chi connectivity index (χ4v) is 6.05. The van der Waals surface area contributed by atoms with Gasteiger partial charge in [0, 0.05) is 48.9 Å². The van der Waals surface area contributed by atoms with Crippen LogP contribution in [0.5, 0.6) is 0 Å². The number of likely N-dealkylation sites (N-methyl/N-ethyl adjacent to an activating group) is 1. The molecule has 0 aliphatic carbocycles. The van der Waals surface area contributed by atoms with Crippen molar-refractivity contribution in [3.05, 3.63) is 93.9 Å². The molecule has 3 aromatic carbocycles. The lowest BCUT2D eigenvalue weighted by molar-refractivity contribution is -0.114. The maximum Gasteiger partial charge on any atom is 0.264 e. The van der Waals surface area contributed by atoms with E-state index < -0.39 is 0 Å². The van der Waals surface area contributed by atoms with Gasteiger partial charge in [0.2, 0.25) is 0 Å². The van der Waals surface area contributed by atoms with Crippen LogP contribution in [-0.2, 0) is 4.79 Å². The first-order chi connectivity index (χ1) is 17.3. The molecule has 0 N–H and O–H groups in total. The van der Waals surface area contributed by atoms with Crippen LogP contribution >= 0.6 is 11.8 Å². The number of aryl methyl sites for hydroxylation is 2. The van der Waals surface area contributed by atoms with Crippen molar-refractivity contribution in [1.29, 1.82) is 0 Å². The largest absolute Gasteiger partial charge is 0.365 e. The van der Waals surface area contributed by atoms with E-state index >= 15 is 0 Å². The second kappa shape index (κ2) is 9.86. The van der Waals surface area contributed by atoms with Crippen LogP contribution in [0.4, 0.5) is 11.4 Å². The molecular weight excluding hydrogens is 466 g/mol. The highest BCUT2D eigenvalue weighted by molar-refractivity contribution is 8.04. The van der Waals surface area contributed by atoms with Crippen LogP contribution in [0.1, 0.15) is 34.0 Å². The normalized spacial score (nSPS) is 19.0. The van der Waals surface area contributed by atoms with Gasteiger partial charge < -0.3 is 14.7 Å². The second-order valence-corrected chi connectivity index (χ2v) is 10.8. The van der Waals surface area contributed by atoms with Crippen LogP contribution < -0.4 is 9.80 Å². The fourth-order valence-electron chi connectivity index (χ4n) is 4.95. The van der Waals surface area contributed by atoms with Gasteiger partial charge in [0.05, 0.1) is 10.6 Å². The third-order valence-corrected chi connectivity index (χ3v) is 7.97. The van der Waals surface area contributed by atoms with E-state index in [0.717, 1.165) is 28.3 Å². The average molecular weight is 498 g/mol. The van der Waals surface area contributed by atoms with Gasteiger partial charge in [0.15, 0.2) is 0 Å². The molecule has 184 valence electrons. The molecule has 3 aromatic rings. The number of hydrogen-bond donors (Lipinski definition) is 0. The van der Waals surface area contributed by atoms with E-state index in [1.54, 1.807) is 11.9 Å². The van der Waals surface area contributed by atoms with E-state index in [4.69, 9.17) is 0 Å². The number of fused-ring (bicyclic) bond motifs is 1. The average Bonchev–Trinajstić information content (AvgIpc) is 2.86. The molecule has 5 rings (SSSR count). The second-order valence-electron chi connectivity index (χ2n) is 9.70. The number of thioether (sulfide) groups is 1. The summed E-state index contributed by atoms with van der Waals surface area (Å²) < 4.78 is 0. The highest BCUT2D eigenvalue weighted by Gasteiger charge is 2.30. The Bertz CT molecular complexity index is 1370. The highest BCUT2D eigenvalue weighted by atomic mass is 32.2. The number of rotatable bonds is 3. The molecule has 6 heteroatoms. The molecular formula is C30H31N3O2S. The summed E-state index contributed by atoms with van der Waals surface area (Å²) in [4.78, 5) is 34.2. The van der Waals surface area contributed by atoms with Gasteiger partial charge in [0.1, 0.15) is 0 Å². The van der Waals surface area contributed by atoms with Crippen LogP contribution in [0.2, 0.25) is 0 Å². The summed E-state index contributed by atoms with van der Waals surface area (Å²) in [5.74, 6) is -0.0421. The van der Waals surface area contributed by atoms with Crippen LogP contribution in [0.3, 0.4) is 0 Å². The van der Waals surface area contributed by atoms with Crippen LogP contribution in [-0.4, -0.2) is 49.4 Å². The van der Waals surface area contributed by atoms with Gasteiger partial charge in [-0.05, 0) is 68.3 Å². The minimum Gasteiger partial charge on any atom is -0.365 e. The van der Waals surface area contributed by atoms with Crippen LogP contribution in [0.25, 0.3) is 6.08 Å². The van der Waals surface area contributed by atoms with E-state index in [9.17, 15) is 9.59 Å². The fraction of sp³-hybridized carbons (Fsp3) is 0.267. The minimum atomic E-state index is -0.0565. The van der Waals surface area contributed by atoms with Gasteiger partial charge in [-0.2, -0.15) is 0 Å². The molecule has 0 spiro atoms. The molecule has 0 bridgehead atoms. The van der Waals surface area contributed by atoms with Crippen molar-refractivity contribution in [2.24, 2.45) is 0 Å². The Kier molecular flexibility index (Phi) is 6.63. The summed E-state index contributed by atoms with van der Waals surface area (Å²) in [6.45, 7) is 8.44. The van der Waals surface area contributed by atoms with Crippen molar-refractivity contribution in [2.75, 3.05) is 36.5 Å². The molecule has 2 heterocycles. The van der Waals surface area contributed by atoms with Crippen molar-refractivity contribution >= 4 is 41.0 Å². The number of amides is 2. The summed E-state index contributed by atoms with van der Waals surface area (Å²) in [5.41, 5.74) is 6.01. The van der Waals surface area contributed by atoms with Crippen molar-refractivity contribution in [3.63, 3.8) is 0 Å². The van der Waals surface area contributed by atoms with E-state index in [0.29, 0.717) is 23.6 Å². The molecule has 5 nitrogen and oxygen atoms in total. The third-order valence-electron chi connectivity index (χ3n) is 6.89. The first-order valence-electron chi connectivity index (χ1n) is 12.3. The van der Waals surface area contributed by atoms with Crippen molar-refractivity contribution in [3.8, 4) is 0 Å². The monoisotopic (exact) mass is 497 g/mol. The molecule has 36 heavy (non-hydrogen) atoms. The number of carbonyl (C=O) groups excluding carboxylic acids is 2. The predicted molar refractivity (Wildman–Crippen MR) is 149 cm³/mol. The molecule has 2 aliphatic heterocycles. The smallest absolute Gasteiger partial charge is 0.264 e. The van der Waals surface area contributed by atoms with Gasteiger partial charge in [-0.15, -0.1) is 0 Å². The Balaban J connectivity index is 1.33. The first kappa shape index (κ1) is 24.2. The predicted octanol–water partition coefficient (Wildman–Crippen LogP) is 5.76. The molecule has 1 fully saturated rings. The summed E-state index contributed by atoms with van der Waals surface area (Å²) >= 11 is 1.46. The van der Waals surface area contributed by atoms with Gasteiger partial charge >= 0.3 is 0 Å². The van der Waals surface area contributed by atoms with Crippen molar-refractivity contribution in [1.82, 2.24) is 4.90 Å². The minimum absolute atomic E-state index is 0.0143. The summed E-state index contributed by atoms with van der Waals surface area (Å²) in [6, 6.07) is 22.6. The van der Waals surface area contributed by atoms with E-state index in [1.807, 2.05) is 54.3 Å². The van der Waals surface area contributed by atoms with E-state index in [1.165, 1.54) is 23.0 Å². The van der Waals surface area contributed by atoms with Crippen molar-refractivity contribution < 1.29 is 9.59 Å². The molecule has 2 aliphatic rings. The lowest BCUT2D eigenvalue weighted by Crippen LogP contribution is -2.53. The maximum atomic E-state index is 13.4. The summed E-state index contributed by atoms with van der Waals surface area (Å²) in [7, 11) is 1.78. The number of benzene rings is 3. The van der Waals surface area contributed by atoms with Gasteiger partial charge in [0.25, 0.3) is 11.8 Å². The Hall–Kier alpha value is -3.51. The number of carbonyl (C=O) groups is 2. The zero-order valence-corrected chi connectivity index (χ0v) is 22.0. The topological polar surface area (TPSA) is 43.9 Å². The molecule has 0 aromatic heterocycles. The van der Waals surface area contributed by atoms with E-state index in [2.05, 4.69) is 49.1 Å². The zero-order chi connectivity index (χ0) is 25.4. The number of piperazine rings is 1. The van der Waals surface area contributed by atoms with Gasteiger partial charge in [-0.1, -0.05) is 53.7 Å². The van der Waals surface area contributed by atoms with Crippen LogP contribution in [0, 0.1) is 13.8 Å². The quantitative estimate of drug-likeness (QED) is 0.431. The molecule has 0 radical (unpaired) electrons. The molecule has 1 saturated heterocycles. The maximum absolute atomic E-state index is 13.4. The molecule has 2 amide bonds. The Labute approximate surface area is 217 Å². The lowest BCUT2D eigenvalue weighted by Gasteiger charge is -2.41. The highest BCUT2D eigenvalue weighted by Crippen LogP contribution is 2.42. The SMILES string of the molecule is Cc1cccc(/C=C2\Sc3ccc(C(=O)N4CCN(c5cccc(C)c5)C(C)C4)cc3N(C)C2=O)c1. The lowest BCUT2D eigenvalue weighted by atomic mass is 10.1. The Morgan fingerprint density at radius 1 is 0.972 bits per heavy atom. The standard InChI is InChI=1S/C30H31N3O2S/c1-20-7-5-9-23(15-20)17-28-30(35)31(4)26-18-24(11-12-27(26)36-28)29(34)32-13-14-33(22(3)19-32)25-10-6-8-21(2)16-25/h5-12,15-18,22H,13-14,19H2,1-4H3/b28-17-. The third kappa shape index (κ3) is 4.78. The first-order valence-corrected chi connectivity index (χ1v) is 13.1. The molecule has 1 atom stereocenters. The van der Waals surface area contributed by atoms with E-state index in [-0.39, 0.29) is 17.9 Å². The van der Waals surface area contributed by atoms with Gasteiger partial charge in [-0.25, -0.2) is 0 Å².